The van der Waals surface area contributed by atoms with Gasteiger partial charge in [-0.3, -0.25) is 4.79 Å². The zero-order valence-corrected chi connectivity index (χ0v) is 10.6. The number of hydrogen-bond donors (Lipinski definition) is 1. The van der Waals surface area contributed by atoms with Gasteiger partial charge >= 0.3 is 0 Å². The van der Waals surface area contributed by atoms with Crippen molar-refractivity contribution in [1.82, 2.24) is 4.90 Å². The molecule has 3 rings (SSSR count). The summed E-state index contributed by atoms with van der Waals surface area (Å²) in [5, 5.41) is 0. The number of hydrogen-bond acceptors (Lipinski definition) is 2. The van der Waals surface area contributed by atoms with Gasteiger partial charge in [0.15, 0.2) is 0 Å². The lowest BCUT2D eigenvalue weighted by atomic mass is 9.94. The molecule has 0 aromatic carbocycles. The van der Waals surface area contributed by atoms with Gasteiger partial charge in [-0.1, -0.05) is 6.42 Å². The van der Waals surface area contributed by atoms with Gasteiger partial charge in [0, 0.05) is 18.5 Å². The van der Waals surface area contributed by atoms with E-state index in [2.05, 4.69) is 4.90 Å². The first kappa shape index (κ1) is 11.5. The molecule has 0 spiro atoms. The maximum Gasteiger partial charge on any atom is 0.226 e. The summed E-state index contributed by atoms with van der Waals surface area (Å²) in [5.74, 6) is 1.96. The van der Waals surface area contributed by atoms with Crippen LogP contribution in [0.4, 0.5) is 0 Å². The quantitative estimate of drug-likeness (QED) is 0.790. The standard InChI is InChI=1S/C14H24N2O/c15-8-11-2-1-3-13(11)14(17)16(12-6-7-12)9-10-4-5-10/h10-13H,1-9,15H2. The van der Waals surface area contributed by atoms with E-state index < -0.39 is 0 Å². The van der Waals surface area contributed by atoms with Crippen LogP contribution in [0.2, 0.25) is 0 Å². The first-order valence-electron chi connectivity index (χ1n) is 7.30. The van der Waals surface area contributed by atoms with Gasteiger partial charge in [0.1, 0.15) is 0 Å². The van der Waals surface area contributed by atoms with Crippen molar-refractivity contribution in [1.29, 1.82) is 0 Å². The fourth-order valence-electron chi connectivity index (χ4n) is 3.24. The highest BCUT2D eigenvalue weighted by Gasteiger charge is 2.41. The number of nitrogens with two attached hydrogens (primary N) is 1. The lowest BCUT2D eigenvalue weighted by molar-refractivity contribution is -0.137. The Morgan fingerprint density at radius 3 is 2.47 bits per heavy atom. The average Bonchev–Trinajstić information content (AvgIpc) is 3.23. The Kier molecular flexibility index (Phi) is 3.12. The number of carbonyl (C=O) groups excluding carboxylic acids is 1. The maximum atomic E-state index is 12.6. The predicted molar refractivity (Wildman–Crippen MR) is 67.3 cm³/mol. The number of carbonyl (C=O) groups is 1. The topological polar surface area (TPSA) is 46.3 Å². The molecule has 96 valence electrons. The molecule has 3 aliphatic rings. The minimum atomic E-state index is 0.249. The highest BCUT2D eigenvalue weighted by molar-refractivity contribution is 5.80. The SMILES string of the molecule is NCC1CCCC1C(=O)N(CC1CC1)C1CC1. The Hall–Kier alpha value is -0.570. The summed E-state index contributed by atoms with van der Waals surface area (Å²) in [4.78, 5) is 14.8. The Bertz CT molecular complexity index is 297. The van der Waals surface area contributed by atoms with Crippen LogP contribution in [0, 0.1) is 17.8 Å². The maximum absolute atomic E-state index is 12.6. The number of rotatable bonds is 5. The van der Waals surface area contributed by atoms with E-state index in [1.54, 1.807) is 0 Å². The van der Waals surface area contributed by atoms with Crippen LogP contribution in [0.25, 0.3) is 0 Å². The Morgan fingerprint density at radius 1 is 1.12 bits per heavy atom. The molecular formula is C14H24N2O. The van der Waals surface area contributed by atoms with Crippen LogP contribution in [0.5, 0.6) is 0 Å². The molecule has 2 N–H and O–H groups in total. The summed E-state index contributed by atoms with van der Waals surface area (Å²) in [6.07, 6.45) is 8.57. The minimum Gasteiger partial charge on any atom is -0.339 e. The van der Waals surface area contributed by atoms with Crippen LogP contribution in [0.1, 0.15) is 44.9 Å². The third kappa shape index (κ3) is 2.49. The third-order valence-corrected chi connectivity index (χ3v) is 4.70. The monoisotopic (exact) mass is 236 g/mol. The zero-order valence-electron chi connectivity index (χ0n) is 10.6. The van der Waals surface area contributed by atoms with Crippen molar-refractivity contribution in [2.75, 3.05) is 13.1 Å². The molecule has 0 aromatic heterocycles. The van der Waals surface area contributed by atoms with Gasteiger partial charge in [0.2, 0.25) is 5.91 Å². The van der Waals surface area contributed by atoms with Gasteiger partial charge in [0.05, 0.1) is 0 Å². The molecule has 3 nitrogen and oxygen atoms in total. The number of amides is 1. The second-order valence-corrected chi connectivity index (χ2v) is 6.20. The molecular weight excluding hydrogens is 212 g/mol. The Labute approximate surface area is 104 Å². The molecule has 3 saturated carbocycles. The first-order valence-corrected chi connectivity index (χ1v) is 7.30. The van der Waals surface area contributed by atoms with E-state index in [-0.39, 0.29) is 5.92 Å². The van der Waals surface area contributed by atoms with Crippen LogP contribution in [0.15, 0.2) is 0 Å². The molecule has 1 amide bonds. The molecule has 0 heterocycles. The second kappa shape index (κ2) is 4.60. The average molecular weight is 236 g/mol. The molecule has 3 fully saturated rings. The van der Waals surface area contributed by atoms with E-state index in [4.69, 9.17) is 5.73 Å². The van der Waals surface area contributed by atoms with E-state index in [0.29, 0.717) is 24.4 Å². The normalized spacial score (nSPS) is 32.8. The summed E-state index contributed by atoms with van der Waals surface area (Å²) in [5.41, 5.74) is 5.80. The van der Waals surface area contributed by atoms with E-state index in [9.17, 15) is 4.79 Å². The van der Waals surface area contributed by atoms with Gasteiger partial charge in [-0.05, 0) is 56.9 Å². The van der Waals surface area contributed by atoms with E-state index in [1.807, 2.05) is 0 Å². The smallest absolute Gasteiger partial charge is 0.226 e. The van der Waals surface area contributed by atoms with E-state index in [0.717, 1.165) is 25.3 Å². The van der Waals surface area contributed by atoms with Crippen molar-refractivity contribution < 1.29 is 4.79 Å². The van der Waals surface area contributed by atoms with Gasteiger partial charge in [-0.25, -0.2) is 0 Å². The van der Waals surface area contributed by atoms with Crippen molar-refractivity contribution in [3.63, 3.8) is 0 Å². The van der Waals surface area contributed by atoms with Gasteiger partial charge in [0.25, 0.3) is 0 Å². The molecule has 0 aliphatic heterocycles. The van der Waals surface area contributed by atoms with Crippen LogP contribution in [-0.2, 0) is 4.79 Å². The van der Waals surface area contributed by atoms with Crippen molar-refractivity contribution in [2.45, 2.75) is 51.0 Å². The second-order valence-electron chi connectivity index (χ2n) is 6.20. The fourth-order valence-corrected chi connectivity index (χ4v) is 3.24. The van der Waals surface area contributed by atoms with Gasteiger partial charge < -0.3 is 10.6 Å². The summed E-state index contributed by atoms with van der Waals surface area (Å²) in [6.45, 7) is 1.73. The van der Waals surface area contributed by atoms with E-state index >= 15 is 0 Å². The third-order valence-electron chi connectivity index (χ3n) is 4.70. The molecule has 0 aromatic rings. The molecule has 0 bridgehead atoms. The molecule has 2 unspecified atom stereocenters. The van der Waals surface area contributed by atoms with Crippen LogP contribution in [0.3, 0.4) is 0 Å². The highest BCUT2D eigenvalue weighted by atomic mass is 16.2. The van der Waals surface area contributed by atoms with Crippen molar-refractivity contribution >= 4 is 5.91 Å². The lowest BCUT2D eigenvalue weighted by Crippen LogP contribution is -2.41. The molecule has 2 atom stereocenters. The predicted octanol–water partition coefficient (Wildman–Crippen LogP) is 1.76. The molecule has 17 heavy (non-hydrogen) atoms. The highest BCUT2D eigenvalue weighted by Crippen LogP contribution is 2.39. The van der Waals surface area contributed by atoms with Crippen molar-refractivity contribution in [3.05, 3.63) is 0 Å². The van der Waals surface area contributed by atoms with Crippen molar-refractivity contribution in [2.24, 2.45) is 23.5 Å². The Morgan fingerprint density at radius 2 is 1.88 bits per heavy atom. The minimum absolute atomic E-state index is 0.249. The first-order chi connectivity index (χ1) is 8.29. The van der Waals surface area contributed by atoms with Gasteiger partial charge in [-0.2, -0.15) is 0 Å². The van der Waals surface area contributed by atoms with E-state index in [1.165, 1.54) is 32.1 Å². The molecule has 0 saturated heterocycles. The van der Waals surface area contributed by atoms with Gasteiger partial charge in [-0.15, -0.1) is 0 Å². The largest absolute Gasteiger partial charge is 0.339 e. The number of nitrogens with zero attached hydrogens (tertiary/aromatic N) is 1. The molecule has 3 aliphatic carbocycles. The van der Waals surface area contributed by atoms with Crippen LogP contribution in [-0.4, -0.2) is 29.9 Å². The summed E-state index contributed by atoms with van der Waals surface area (Å²) in [7, 11) is 0. The lowest BCUT2D eigenvalue weighted by Gasteiger charge is -2.28. The molecule has 3 heteroatoms. The zero-order chi connectivity index (χ0) is 11.8. The summed E-state index contributed by atoms with van der Waals surface area (Å²) in [6, 6.07) is 0.585. The summed E-state index contributed by atoms with van der Waals surface area (Å²) >= 11 is 0. The van der Waals surface area contributed by atoms with Crippen molar-refractivity contribution in [3.8, 4) is 0 Å². The molecule has 0 radical (unpaired) electrons. The summed E-state index contributed by atoms with van der Waals surface area (Å²) < 4.78 is 0. The Balaban J connectivity index is 1.64. The fraction of sp³-hybridized carbons (Fsp3) is 0.929. The van der Waals surface area contributed by atoms with Crippen LogP contribution >= 0.6 is 0 Å². The van der Waals surface area contributed by atoms with Crippen LogP contribution < -0.4 is 5.73 Å².